The highest BCUT2D eigenvalue weighted by atomic mass is 35.5. The monoisotopic (exact) mass is 411 g/mol. The fraction of sp³-hybridized carbons (Fsp3) is 0.0400. The first-order chi connectivity index (χ1) is 14.6. The molecule has 1 heterocycles. The van der Waals surface area contributed by atoms with Crippen molar-refractivity contribution in [3.63, 3.8) is 0 Å². The zero-order valence-electron chi connectivity index (χ0n) is 16.0. The lowest BCUT2D eigenvalue weighted by molar-refractivity contribution is 0.0994. The number of rotatable bonds is 4. The molecule has 0 amide bonds. The van der Waals surface area contributed by atoms with Crippen molar-refractivity contribution in [3.05, 3.63) is 95.0 Å². The van der Waals surface area contributed by atoms with Gasteiger partial charge in [-0.2, -0.15) is 5.10 Å². The van der Waals surface area contributed by atoms with Gasteiger partial charge in [-0.3, -0.25) is 9.89 Å². The van der Waals surface area contributed by atoms with Crippen LogP contribution in [0.2, 0.25) is 5.02 Å². The number of carbonyl (C=O) groups is 1. The van der Waals surface area contributed by atoms with E-state index in [0.29, 0.717) is 22.8 Å². The zero-order chi connectivity index (χ0) is 20.7. The second-order valence-corrected chi connectivity index (χ2v) is 7.63. The molecule has 0 fully saturated rings. The molecular formula is C25H18ClN3O. The van der Waals surface area contributed by atoms with Crippen molar-refractivity contribution in [2.75, 3.05) is 5.73 Å². The molecule has 0 saturated carbocycles. The van der Waals surface area contributed by atoms with Gasteiger partial charge in [-0.15, -0.1) is 0 Å². The summed E-state index contributed by atoms with van der Waals surface area (Å²) >= 11 is 6.85. The minimum absolute atomic E-state index is 0.0665. The van der Waals surface area contributed by atoms with Crippen molar-refractivity contribution in [2.24, 2.45) is 0 Å². The van der Waals surface area contributed by atoms with Gasteiger partial charge in [0.1, 0.15) is 0 Å². The van der Waals surface area contributed by atoms with Crippen molar-refractivity contribution in [1.29, 1.82) is 0 Å². The van der Waals surface area contributed by atoms with E-state index in [1.807, 2.05) is 78.9 Å². The molecule has 3 N–H and O–H groups in total. The predicted molar refractivity (Wildman–Crippen MR) is 123 cm³/mol. The van der Waals surface area contributed by atoms with Gasteiger partial charge in [-0.25, -0.2) is 0 Å². The number of nitrogen functional groups attached to an aromatic ring is 1. The average molecular weight is 412 g/mol. The van der Waals surface area contributed by atoms with Gasteiger partial charge in [-0.05, 0) is 22.6 Å². The summed E-state index contributed by atoms with van der Waals surface area (Å²) in [5.74, 6) is 0.500. The zero-order valence-corrected chi connectivity index (χ0v) is 16.8. The number of nitrogens with zero attached hydrogens (tertiary/aromatic N) is 1. The van der Waals surface area contributed by atoms with Crippen LogP contribution in [0.25, 0.3) is 32.8 Å². The van der Waals surface area contributed by atoms with Gasteiger partial charge >= 0.3 is 0 Å². The maximum atomic E-state index is 13.0. The maximum absolute atomic E-state index is 13.0. The van der Waals surface area contributed by atoms with Gasteiger partial charge in [0.25, 0.3) is 0 Å². The van der Waals surface area contributed by atoms with Crippen LogP contribution in [-0.2, 0) is 6.42 Å². The molecule has 0 bridgehead atoms. The van der Waals surface area contributed by atoms with E-state index in [9.17, 15) is 4.79 Å². The number of ketones is 1. The van der Waals surface area contributed by atoms with Crippen LogP contribution in [0.1, 0.15) is 15.9 Å². The van der Waals surface area contributed by atoms with E-state index in [1.54, 1.807) is 0 Å². The Morgan fingerprint density at radius 1 is 0.867 bits per heavy atom. The van der Waals surface area contributed by atoms with E-state index < -0.39 is 0 Å². The molecule has 1 aromatic heterocycles. The van der Waals surface area contributed by atoms with Crippen LogP contribution < -0.4 is 5.73 Å². The summed E-state index contributed by atoms with van der Waals surface area (Å²) in [6.07, 6.45) is 0.351. The number of nitrogens with one attached hydrogen (secondary N) is 1. The SMILES string of the molecule is Nc1n[nH]c2cccc(-c3ccc4c(C(=O)Cc5ccccc5)cccc4c3Cl)c12. The normalized spacial score (nSPS) is 11.2. The number of hydrogen-bond donors (Lipinski definition) is 2. The largest absolute Gasteiger partial charge is 0.382 e. The Morgan fingerprint density at radius 3 is 2.50 bits per heavy atom. The number of anilines is 1. The van der Waals surface area contributed by atoms with Crippen molar-refractivity contribution >= 4 is 44.9 Å². The van der Waals surface area contributed by atoms with Crippen molar-refractivity contribution in [3.8, 4) is 11.1 Å². The fourth-order valence-corrected chi connectivity index (χ4v) is 4.30. The Morgan fingerprint density at radius 2 is 1.67 bits per heavy atom. The highest BCUT2D eigenvalue weighted by Crippen LogP contribution is 2.39. The number of aromatic nitrogens is 2. The first kappa shape index (κ1) is 18.4. The Labute approximate surface area is 178 Å². The number of fused-ring (bicyclic) bond motifs is 2. The molecule has 4 nitrogen and oxygen atoms in total. The van der Waals surface area contributed by atoms with Gasteiger partial charge in [0.2, 0.25) is 0 Å². The van der Waals surface area contributed by atoms with Crippen LogP contribution in [0.15, 0.2) is 78.9 Å². The predicted octanol–water partition coefficient (Wildman–Crippen LogP) is 6.04. The van der Waals surface area contributed by atoms with Crippen LogP contribution in [0.5, 0.6) is 0 Å². The lowest BCUT2D eigenvalue weighted by atomic mass is 9.93. The second kappa shape index (κ2) is 7.32. The summed E-state index contributed by atoms with van der Waals surface area (Å²) in [5, 5.41) is 10.2. The first-order valence-corrected chi connectivity index (χ1v) is 10.0. The minimum Gasteiger partial charge on any atom is -0.382 e. The third-order valence-electron chi connectivity index (χ3n) is 5.41. The van der Waals surface area contributed by atoms with Crippen LogP contribution in [0, 0.1) is 0 Å². The molecule has 5 rings (SSSR count). The maximum Gasteiger partial charge on any atom is 0.167 e. The molecule has 0 aliphatic heterocycles. The van der Waals surface area contributed by atoms with Crippen molar-refractivity contribution in [2.45, 2.75) is 6.42 Å². The Balaban J connectivity index is 1.64. The molecule has 0 aliphatic carbocycles. The highest BCUT2D eigenvalue weighted by molar-refractivity contribution is 6.39. The number of Topliss-reactive ketones (excluding diaryl/α,β-unsaturated/α-hetero) is 1. The molecular weight excluding hydrogens is 394 g/mol. The van der Waals surface area contributed by atoms with Crippen LogP contribution >= 0.6 is 11.6 Å². The average Bonchev–Trinajstić information content (AvgIpc) is 3.16. The summed E-state index contributed by atoms with van der Waals surface area (Å²) in [6, 6.07) is 25.2. The minimum atomic E-state index is 0.0665. The highest BCUT2D eigenvalue weighted by Gasteiger charge is 2.17. The summed E-state index contributed by atoms with van der Waals surface area (Å²) in [4.78, 5) is 13.0. The van der Waals surface area contributed by atoms with Crippen molar-refractivity contribution in [1.82, 2.24) is 10.2 Å². The third-order valence-corrected chi connectivity index (χ3v) is 5.82. The molecule has 146 valence electrons. The summed E-state index contributed by atoms with van der Waals surface area (Å²) < 4.78 is 0. The standard InChI is InChI=1S/C25H18ClN3O/c26-24-19-10-4-8-17(22(30)14-15-6-2-1-3-7-15)16(19)12-13-20(24)18-9-5-11-21-23(18)25(27)29-28-21/h1-13H,14H2,(H3,27,28,29). The van der Waals surface area contributed by atoms with Crippen molar-refractivity contribution < 1.29 is 4.79 Å². The quantitative estimate of drug-likeness (QED) is 0.354. The van der Waals surface area contributed by atoms with E-state index >= 15 is 0 Å². The summed E-state index contributed by atoms with van der Waals surface area (Å²) in [5.41, 5.74) is 10.4. The molecule has 0 spiro atoms. The molecule has 0 unspecified atom stereocenters. The molecule has 5 aromatic rings. The first-order valence-electron chi connectivity index (χ1n) is 9.65. The number of carbonyl (C=O) groups excluding carboxylic acids is 1. The Hall–Kier alpha value is -3.63. The summed E-state index contributed by atoms with van der Waals surface area (Å²) in [7, 11) is 0. The fourth-order valence-electron chi connectivity index (χ4n) is 3.97. The molecule has 5 heteroatoms. The summed E-state index contributed by atoms with van der Waals surface area (Å²) in [6.45, 7) is 0. The van der Waals surface area contributed by atoms with Gasteiger partial charge in [0.15, 0.2) is 11.6 Å². The van der Waals surface area contributed by atoms with Gasteiger partial charge < -0.3 is 5.73 Å². The number of hydrogen-bond acceptors (Lipinski definition) is 3. The number of aromatic amines is 1. The van der Waals surface area contributed by atoms with Crippen LogP contribution in [0.3, 0.4) is 0 Å². The Kier molecular flexibility index (Phi) is 4.49. The lowest BCUT2D eigenvalue weighted by Gasteiger charge is -2.12. The van der Waals surface area contributed by atoms with E-state index in [4.69, 9.17) is 17.3 Å². The van der Waals surface area contributed by atoms with Gasteiger partial charge in [-0.1, -0.05) is 84.4 Å². The van der Waals surface area contributed by atoms with E-state index in [-0.39, 0.29) is 5.78 Å². The second-order valence-electron chi connectivity index (χ2n) is 7.25. The van der Waals surface area contributed by atoms with E-state index in [2.05, 4.69) is 10.2 Å². The number of nitrogens with two attached hydrogens (primary N) is 1. The van der Waals surface area contributed by atoms with Gasteiger partial charge in [0.05, 0.1) is 15.9 Å². The Bertz CT molecular complexity index is 1410. The molecule has 4 aromatic carbocycles. The third kappa shape index (κ3) is 3.02. The molecule has 0 saturated heterocycles. The molecule has 30 heavy (non-hydrogen) atoms. The molecule has 0 atom stereocenters. The number of benzene rings is 4. The van der Waals surface area contributed by atoms with Crippen LogP contribution in [0.4, 0.5) is 5.82 Å². The number of H-pyrrole nitrogens is 1. The van der Waals surface area contributed by atoms with Crippen LogP contribution in [-0.4, -0.2) is 16.0 Å². The van der Waals surface area contributed by atoms with E-state index in [0.717, 1.165) is 38.4 Å². The molecule has 0 aliphatic rings. The van der Waals surface area contributed by atoms with E-state index in [1.165, 1.54) is 0 Å². The van der Waals surface area contributed by atoms with Gasteiger partial charge in [0, 0.05) is 22.9 Å². The smallest absolute Gasteiger partial charge is 0.167 e. The molecule has 0 radical (unpaired) electrons. The lowest BCUT2D eigenvalue weighted by Crippen LogP contribution is -2.04. The topological polar surface area (TPSA) is 71.8 Å². The number of halogens is 1.